The van der Waals surface area contributed by atoms with Crippen molar-refractivity contribution in [1.29, 1.82) is 0 Å². The van der Waals surface area contributed by atoms with Crippen LogP contribution in [0.2, 0.25) is 0 Å². The third-order valence-electron chi connectivity index (χ3n) is 3.14. The molecular formula is C15H24FNO2. The Hall–Kier alpha value is -1.13. The molecule has 3 nitrogen and oxygen atoms in total. The molecule has 0 saturated carbocycles. The Bertz CT molecular complexity index is 396. The van der Waals surface area contributed by atoms with Gasteiger partial charge in [-0.25, -0.2) is 4.39 Å². The molecule has 0 saturated heterocycles. The third-order valence-corrected chi connectivity index (χ3v) is 3.14. The number of ether oxygens (including phenoxy) is 1. The molecule has 4 heteroatoms. The molecule has 2 unspecified atom stereocenters. The maximum absolute atomic E-state index is 13.5. The molecule has 1 rings (SSSR count). The molecule has 0 bridgehead atoms. The van der Waals surface area contributed by atoms with E-state index < -0.39 is 0 Å². The second-order valence-corrected chi connectivity index (χ2v) is 5.10. The van der Waals surface area contributed by atoms with E-state index in [0.29, 0.717) is 12.4 Å². The minimum absolute atomic E-state index is 0.000719. The maximum Gasteiger partial charge on any atom is 0.124 e. The van der Waals surface area contributed by atoms with E-state index in [0.717, 1.165) is 12.0 Å². The summed E-state index contributed by atoms with van der Waals surface area (Å²) in [6.45, 7) is 4.63. The summed E-state index contributed by atoms with van der Waals surface area (Å²) in [5.74, 6) is 0.416. The highest BCUT2D eigenvalue weighted by atomic mass is 19.1. The summed E-state index contributed by atoms with van der Waals surface area (Å²) < 4.78 is 19.2. The monoisotopic (exact) mass is 269 g/mol. The van der Waals surface area contributed by atoms with Gasteiger partial charge in [0.25, 0.3) is 0 Å². The van der Waals surface area contributed by atoms with Crippen LogP contribution in [0.3, 0.4) is 0 Å². The standard InChI is InChI=1S/C15H24FNO2/c1-5-8-19-14-7-6-12(16)9-13(14)15(17(3)4)11(2)10-18/h6-7,9,11,15,18H,5,8,10H2,1-4H3. The second kappa shape index (κ2) is 7.46. The van der Waals surface area contributed by atoms with Crippen LogP contribution in [0.15, 0.2) is 18.2 Å². The number of aliphatic hydroxyl groups is 1. The molecule has 0 amide bonds. The van der Waals surface area contributed by atoms with Gasteiger partial charge >= 0.3 is 0 Å². The van der Waals surface area contributed by atoms with Crippen molar-refractivity contribution < 1.29 is 14.2 Å². The van der Waals surface area contributed by atoms with Crippen LogP contribution < -0.4 is 4.74 Å². The summed E-state index contributed by atoms with van der Waals surface area (Å²) in [6.07, 6.45) is 0.902. The number of nitrogens with zero attached hydrogens (tertiary/aromatic N) is 1. The zero-order chi connectivity index (χ0) is 14.4. The van der Waals surface area contributed by atoms with Gasteiger partial charge in [-0.1, -0.05) is 13.8 Å². The Balaban J connectivity index is 3.15. The molecular weight excluding hydrogens is 245 g/mol. The normalized spacial score (nSPS) is 14.5. The van der Waals surface area contributed by atoms with Crippen LogP contribution in [-0.4, -0.2) is 37.3 Å². The van der Waals surface area contributed by atoms with E-state index in [4.69, 9.17) is 4.74 Å². The number of halogens is 1. The van der Waals surface area contributed by atoms with Gasteiger partial charge in [0.1, 0.15) is 11.6 Å². The topological polar surface area (TPSA) is 32.7 Å². The molecule has 0 heterocycles. The van der Waals surface area contributed by atoms with Crippen molar-refractivity contribution in [2.24, 2.45) is 5.92 Å². The van der Waals surface area contributed by atoms with E-state index in [-0.39, 0.29) is 24.4 Å². The molecule has 19 heavy (non-hydrogen) atoms. The molecule has 1 N–H and O–H groups in total. The first-order valence-corrected chi connectivity index (χ1v) is 6.70. The summed E-state index contributed by atoms with van der Waals surface area (Å²) in [5.41, 5.74) is 0.792. The predicted octanol–water partition coefficient (Wildman–Crippen LogP) is 2.85. The number of hydrogen-bond acceptors (Lipinski definition) is 3. The van der Waals surface area contributed by atoms with E-state index in [1.54, 1.807) is 6.07 Å². The Labute approximate surface area is 115 Å². The minimum atomic E-state index is -0.282. The Morgan fingerprint density at radius 1 is 1.37 bits per heavy atom. The van der Waals surface area contributed by atoms with E-state index in [1.165, 1.54) is 12.1 Å². The first-order chi connectivity index (χ1) is 9.01. The van der Waals surface area contributed by atoms with Gasteiger partial charge in [0.05, 0.1) is 6.61 Å². The Morgan fingerprint density at radius 3 is 2.58 bits per heavy atom. The first kappa shape index (κ1) is 15.9. The quantitative estimate of drug-likeness (QED) is 0.826. The smallest absolute Gasteiger partial charge is 0.124 e. The molecule has 108 valence electrons. The lowest BCUT2D eigenvalue weighted by Gasteiger charge is -2.30. The molecule has 0 aliphatic carbocycles. The van der Waals surface area contributed by atoms with Gasteiger partial charge in [0, 0.05) is 18.2 Å². The van der Waals surface area contributed by atoms with Gasteiger partial charge in [-0.05, 0) is 44.6 Å². The first-order valence-electron chi connectivity index (χ1n) is 6.70. The molecule has 0 aliphatic heterocycles. The summed E-state index contributed by atoms with van der Waals surface area (Å²) in [7, 11) is 3.84. The fourth-order valence-corrected chi connectivity index (χ4v) is 2.29. The number of aliphatic hydroxyl groups excluding tert-OH is 1. The summed E-state index contributed by atoms with van der Waals surface area (Å²) in [4.78, 5) is 1.98. The van der Waals surface area contributed by atoms with E-state index in [9.17, 15) is 9.50 Å². The number of rotatable bonds is 7. The summed E-state index contributed by atoms with van der Waals surface area (Å²) in [5, 5.41) is 9.39. The van der Waals surface area contributed by atoms with Gasteiger partial charge in [-0.2, -0.15) is 0 Å². The second-order valence-electron chi connectivity index (χ2n) is 5.10. The van der Waals surface area contributed by atoms with Crippen molar-refractivity contribution in [1.82, 2.24) is 4.90 Å². The van der Waals surface area contributed by atoms with Crippen molar-refractivity contribution in [3.05, 3.63) is 29.6 Å². The van der Waals surface area contributed by atoms with Crippen LogP contribution >= 0.6 is 0 Å². The molecule has 1 aromatic carbocycles. The highest BCUT2D eigenvalue weighted by Gasteiger charge is 2.24. The third kappa shape index (κ3) is 4.18. The van der Waals surface area contributed by atoms with E-state index in [2.05, 4.69) is 0 Å². The number of benzene rings is 1. The lowest BCUT2D eigenvalue weighted by atomic mass is 9.93. The van der Waals surface area contributed by atoms with E-state index in [1.807, 2.05) is 32.8 Å². The van der Waals surface area contributed by atoms with Crippen LogP contribution in [0.1, 0.15) is 31.9 Å². The zero-order valence-electron chi connectivity index (χ0n) is 12.2. The molecule has 0 aromatic heterocycles. The minimum Gasteiger partial charge on any atom is -0.493 e. The summed E-state index contributed by atoms with van der Waals surface area (Å²) in [6, 6.07) is 4.50. The van der Waals surface area contributed by atoms with Crippen molar-refractivity contribution in [2.45, 2.75) is 26.3 Å². The number of hydrogen-bond donors (Lipinski definition) is 1. The largest absolute Gasteiger partial charge is 0.493 e. The van der Waals surface area contributed by atoms with Gasteiger partial charge in [0.2, 0.25) is 0 Å². The molecule has 0 radical (unpaired) electrons. The molecule has 1 aromatic rings. The van der Waals surface area contributed by atoms with Crippen molar-refractivity contribution in [2.75, 3.05) is 27.3 Å². The predicted molar refractivity (Wildman–Crippen MR) is 74.9 cm³/mol. The highest BCUT2D eigenvalue weighted by molar-refractivity contribution is 5.37. The lowest BCUT2D eigenvalue weighted by molar-refractivity contribution is 0.142. The van der Waals surface area contributed by atoms with Crippen molar-refractivity contribution >= 4 is 0 Å². The SMILES string of the molecule is CCCOc1ccc(F)cc1C(C(C)CO)N(C)C. The molecule has 0 fully saturated rings. The Kier molecular flexibility index (Phi) is 6.25. The van der Waals surface area contributed by atoms with Crippen LogP contribution in [-0.2, 0) is 0 Å². The zero-order valence-corrected chi connectivity index (χ0v) is 12.2. The van der Waals surface area contributed by atoms with E-state index >= 15 is 0 Å². The van der Waals surface area contributed by atoms with Crippen LogP contribution in [0, 0.1) is 11.7 Å². The maximum atomic E-state index is 13.5. The average Bonchev–Trinajstić information content (AvgIpc) is 2.37. The highest BCUT2D eigenvalue weighted by Crippen LogP contribution is 2.34. The van der Waals surface area contributed by atoms with Gasteiger partial charge < -0.3 is 14.7 Å². The Morgan fingerprint density at radius 2 is 2.05 bits per heavy atom. The van der Waals surface area contributed by atoms with Crippen LogP contribution in [0.25, 0.3) is 0 Å². The molecule has 0 aliphatic rings. The molecule has 0 spiro atoms. The molecule has 2 atom stereocenters. The van der Waals surface area contributed by atoms with Gasteiger partial charge in [-0.3, -0.25) is 0 Å². The lowest BCUT2D eigenvalue weighted by Crippen LogP contribution is -2.28. The van der Waals surface area contributed by atoms with Gasteiger partial charge in [-0.15, -0.1) is 0 Å². The fourth-order valence-electron chi connectivity index (χ4n) is 2.29. The van der Waals surface area contributed by atoms with Crippen molar-refractivity contribution in [3.8, 4) is 5.75 Å². The van der Waals surface area contributed by atoms with Crippen molar-refractivity contribution in [3.63, 3.8) is 0 Å². The van der Waals surface area contributed by atoms with Crippen LogP contribution in [0.4, 0.5) is 4.39 Å². The fraction of sp³-hybridized carbons (Fsp3) is 0.600. The van der Waals surface area contributed by atoms with Crippen LogP contribution in [0.5, 0.6) is 5.75 Å². The average molecular weight is 269 g/mol. The summed E-state index contributed by atoms with van der Waals surface area (Å²) >= 11 is 0. The van der Waals surface area contributed by atoms with Gasteiger partial charge in [0.15, 0.2) is 0 Å².